The molecule has 1 amide bonds. The maximum atomic E-state index is 12.4. The van der Waals surface area contributed by atoms with Gasteiger partial charge in [0.05, 0.1) is 16.6 Å². The number of rotatable bonds is 4. The molecule has 11 heteroatoms. The van der Waals surface area contributed by atoms with Crippen LogP contribution in [0.2, 0.25) is 5.02 Å². The molecule has 198 valence electrons. The Hall–Kier alpha value is -4.44. The van der Waals surface area contributed by atoms with Gasteiger partial charge in [-0.3, -0.25) is 4.57 Å². The standard InChI is InChI=1S/C28H27ClN8O2/c1-28(2,3)39-27(38)33-21-10-7-16-14-17(8-9-18(16)21)37-25(19-6-4-11-31-24(19)30)35-23-20(29)15-22(34-26(23)37)36-13-5-12-32-36/h4-6,8-9,11-15,21H,7,10H2,1-3H3,(H2,30,31)(H,33,38)/t21-/m0/s1. The van der Waals surface area contributed by atoms with Gasteiger partial charge in [-0.05, 0) is 75.1 Å². The first-order valence-corrected chi connectivity index (χ1v) is 13.0. The number of aromatic nitrogens is 6. The first kappa shape index (κ1) is 24.9. The van der Waals surface area contributed by atoms with Crippen molar-refractivity contribution in [2.75, 3.05) is 5.73 Å². The third kappa shape index (κ3) is 4.67. The molecule has 0 aliphatic heterocycles. The highest BCUT2D eigenvalue weighted by atomic mass is 35.5. The summed E-state index contributed by atoms with van der Waals surface area (Å²) in [4.78, 5) is 26.5. The number of anilines is 1. The number of benzene rings is 1. The summed E-state index contributed by atoms with van der Waals surface area (Å²) < 4.78 is 9.06. The number of pyridine rings is 2. The number of carbonyl (C=O) groups is 1. The van der Waals surface area contributed by atoms with Gasteiger partial charge in [0, 0.05) is 30.3 Å². The molecule has 10 nitrogen and oxygen atoms in total. The van der Waals surface area contributed by atoms with Gasteiger partial charge in [0.15, 0.2) is 17.3 Å². The molecule has 0 radical (unpaired) electrons. The van der Waals surface area contributed by atoms with Crippen LogP contribution in [0.3, 0.4) is 0 Å². The van der Waals surface area contributed by atoms with Gasteiger partial charge >= 0.3 is 6.09 Å². The van der Waals surface area contributed by atoms with Crippen molar-refractivity contribution >= 4 is 34.7 Å². The Labute approximate surface area is 229 Å². The molecule has 0 fully saturated rings. The third-order valence-corrected chi connectivity index (χ3v) is 6.82. The minimum atomic E-state index is -0.564. The van der Waals surface area contributed by atoms with E-state index in [-0.39, 0.29) is 6.04 Å². The van der Waals surface area contributed by atoms with Gasteiger partial charge in [-0.1, -0.05) is 17.7 Å². The normalized spacial score (nSPS) is 14.9. The molecule has 1 aliphatic carbocycles. The summed E-state index contributed by atoms with van der Waals surface area (Å²) in [6.07, 6.45) is 6.27. The Morgan fingerprint density at radius 1 is 1.15 bits per heavy atom. The average Bonchev–Trinajstić information content (AvgIpc) is 3.62. The summed E-state index contributed by atoms with van der Waals surface area (Å²) in [7, 11) is 0. The van der Waals surface area contributed by atoms with Crippen LogP contribution in [0.4, 0.5) is 10.6 Å². The van der Waals surface area contributed by atoms with Crippen molar-refractivity contribution < 1.29 is 9.53 Å². The fourth-order valence-corrected chi connectivity index (χ4v) is 5.12. The molecule has 4 heterocycles. The molecular formula is C28H27ClN8O2. The predicted octanol–water partition coefficient (Wildman–Crippen LogP) is 5.42. The molecule has 1 aliphatic rings. The van der Waals surface area contributed by atoms with E-state index in [0.29, 0.717) is 39.2 Å². The second kappa shape index (κ2) is 9.39. The number of hydrogen-bond donors (Lipinski definition) is 2. The zero-order valence-electron chi connectivity index (χ0n) is 21.7. The van der Waals surface area contributed by atoms with Crippen LogP contribution in [-0.4, -0.2) is 41.0 Å². The number of carbonyl (C=O) groups excluding carboxylic acids is 1. The minimum Gasteiger partial charge on any atom is -0.444 e. The number of nitrogen functional groups attached to an aromatic ring is 1. The lowest BCUT2D eigenvalue weighted by Gasteiger charge is -2.22. The Balaban J connectivity index is 1.48. The van der Waals surface area contributed by atoms with Crippen molar-refractivity contribution in [3.63, 3.8) is 0 Å². The number of ether oxygens (including phenoxy) is 1. The van der Waals surface area contributed by atoms with E-state index in [9.17, 15) is 4.79 Å². The molecule has 3 N–H and O–H groups in total. The van der Waals surface area contributed by atoms with Crippen LogP contribution in [0.1, 0.15) is 44.4 Å². The van der Waals surface area contributed by atoms with E-state index in [1.54, 1.807) is 29.3 Å². The lowest BCUT2D eigenvalue weighted by Crippen LogP contribution is -2.34. The summed E-state index contributed by atoms with van der Waals surface area (Å²) in [5.41, 5.74) is 10.5. The molecule has 0 saturated heterocycles. The topological polar surface area (TPSA) is 126 Å². The van der Waals surface area contributed by atoms with Gasteiger partial charge in [-0.15, -0.1) is 0 Å². The lowest BCUT2D eigenvalue weighted by molar-refractivity contribution is 0.0503. The van der Waals surface area contributed by atoms with Crippen LogP contribution in [-0.2, 0) is 11.2 Å². The highest BCUT2D eigenvalue weighted by molar-refractivity contribution is 6.35. The zero-order valence-corrected chi connectivity index (χ0v) is 22.5. The monoisotopic (exact) mass is 542 g/mol. The van der Waals surface area contributed by atoms with Crippen LogP contribution < -0.4 is 11.1 Å². The molecule has 0 unspecified atom stereocenters. The quantitative estimate of drug-likeness (QED) is 0.310. The van der Waals surface area contributed by atoms with E-state index in [0.717, 1.165) is 29.7 Å². The average molecular weight is 543 g/mol. The van der Waals surface area contributed by atoms with Gasteiger partial charge in [0.25, 0.3) is 0 Å². The summed E-state index contributed by atoms with van der Waals surface area (Å²) in [6, 6.07) is 13.2. The Morgan fingerprint density at radius 3 is 2.74 bits per heavy atom. The largest absolute Gasteiger partial charge is 0.444 e. The highest BCUT2D eigenvalue weighted by Crippen LogP contribution is 2.37. The summed E-state index contributed by atoms with van der Waals surface area (Å²) in [6.45, 7) is 5.55. The zero-order chi connectivity index (χ0) is 27.3. The number of amides is 1. The third-order valence-electron chi connectivity index (χ3n) is 6.53. The maximum absolute atomic E-state index is 12.4. The number of aryl methyl sites for hydroxylation is 1. The first-order chi connectivity index (χ1) is 18.7. The van der Waals surface area contributed by atoms with Crippen molar-refractivity contribution in [2.45, 2.75) is 45.3 Å². The second-order valence-corrected chi connectivity index (χ2v) is 10.8. The summed E-state index contributed by atoms with van der Waals surface area (Å²) >= 11 is 6.73. The smallest absolute Gasteiger partial charge is 0.408 e. The van der Waals surface area contributed by atoms with E-state index < -0.39 is 11.7 Å². The Bertz CT molecular complexity index is 1710. The van der Waals surface area contributed by atoms with Crippen molar-refractivity contribution in [1.29, 1.82) is 0 Å². The van der Waals surface area contributed by atoms with Crippen LogP contribution in [0.5, 0.6) is 0 Å². The van der Waals surface area contributed by atoms with E-state index in [1.807, 2.05) is 55.7 Å². The van der Waals surface area contributed by atoms with E-state index in [2.05, 4.69) is 21.5 Å². The molecule has 4 aromatic heterocycles. The van der Waals surface area contributed by atoms with Crippen molar-refractivity contribution in [1.82, 2.24) is 34.6 Å². The Kier molecular flexibility index (Phi) is 5.99. The number of alkyl carbamates (subject to hydrolysis) is 1. The van der Waals surface area contributed by atoms with Crippen LogP contribution in [0, 0.1) is 0 Å². The van der Waals surface area contributed by atoms with Gasteiger partial charge in [-0.25, -0.2) is 24.4 Å². The highest BCUT2D eigenvalue weighted by Gasteiger charge is 2.28. The van der Waals surface area contributed by atoms with Crippen molar-refractivity contribution in [3.05, 3.63) is 77.2 Å². The van der Waals surface area contributed by atoms with E-state index >= 15 is 0 Å². The van der Waals surface area contributed by atoms with Crippen LogP contribution in [0.15, 0.2) is 61.1 Å². The maximum Gasteiger partial charge on any atom is 0.408 e. The molecule has 1 atom stereocenters. The number of hydrogen-bond acceptors (Lipinski definition) is 7. The number of nitrogens with zero attached hydrogens (tertiary/aromatic N) is 6. The number of imidazole rings is 1. The molecule has 0 bridgehead atoms. The van der Waals surface area contributed by atoms with Gasteiger partial charge < -0.3 is 15.8 Å². The number of halogens is 1. The van der Waals surface area contributed by atoms with Crippen molar-refractivity contribution in [2.24, 2.45) is 0 Å². The van der Waals surface area contributed by atoms with Crippen molar-refractivity contribution in [3.8, 4) is 22.9 Å². The summed E-state index contributed by atoms with van der Waals surface area (Å²) in [5, 5.41) is 7.75. The molecule has 0 saturated carbocycles. The van der Waals surface area contributed by atoms with E-state index in [4.69, 9.17) is 32.0 Å². The summed E-state index contributed by atoms with van der Waals surface area (Å²) in [5.74, 6) is 1.48. The first-order valence-electron chi connectivity index (χ1n) is 12.6. The predicted molar refractivity (Wildman–Crippen MR) is 149 cm³/mol. The fourth-order valence-electron chi connectivity index (χ4n) is 4.89. The molecule has 6 rings (SSSR count). The molecule has 39 heavy (non-hydrogen) atoms. The van der Waals surface area contributed by atoms with Gasteiger partial charge in [-0.2, -0.15) is 5.10 Å². The van der Waals surface area contributed by atoms with E-state index in [1.165, 1.54) is 0 Å². The molecular weight excluding hydrogens is 516 g/mol. The molecule has 1 aromatic carbocycles. The number of nitrogens with one attached hydrogen (secondary N) is 1. The Morgan fingerprint density at radius 2 is 2.00 bits per heavy atom. The molecule has 0 spiro atoms. The van der Waals surface area contributed by atoms with Gasteiger partial charge in [0.1, 0.15) is 16.9 Å². The number of nitrogens with two attached hydrogens (primary N) is 1. The lowest BCUT2D eigenvalue weighted by atomic mass is 10.1. The molecule has 5 aromatic rings. The SMILES string of the molecule is CC(C)(C)OC(=O)N[C@H]1CCc2cc(-n3c(-c4cccnc4N)nc4c(Cl)cc(-n5cccn5)nc43)ccc21. The minimum absolute atomic E-state index is 0.129. The number of fused-ring (bicyclic) bond motifs is 2. The van der Waals surface area contributed by atoms with Crippen LogP contribution >= 0.6 is 11.6 Å². The van der Waals surface area contributed by atoms with Gasteiger partial charge in [0.2, 0.25) is 0 Å². The van der Waals surface area contributed by atoms with Crippen LogP contribution in [0.25, 0.3) is 34.1 Å². The second-order valence-electron chi connectivity index (χ2n) is 10.4. The fraction of sp³-hybridized carbons (Fsp3) is 0.250.